The lowest BCUT2D eigenvalue weighted by Crippen LogP contribution is -2.25. The van der Waals surface area contributed by atoms with Gasteiger partial charge in [0.2, 0.25) is 0 Å². The van der Waals surface area contributed by atoms with E-state index in [1.54, 1.807) is 0 Å². The molecular weight excluding hydrogens is 739 g/mol. The van der Waals surface area contributed by atoms with Crippen LogP contribution in [0.15, 0.2) is 200 Å². The quantitative estimate of drug-likeness (QED) is 0.178. The number of thiophene rings is 1. The zero-order valence-corrected chi connectivity index (χ0v) is 32.5. The molecule has 59 heavy (non-hydrogen) atoms. The van der Waals surface area contributed by atoms with E-state index in [-0.39, 0.29) is 0 Å². The molecule has 10 aromatic rings. The lowest BCUT2D eigenvalue weighted by Gasteiger charge is -2.31. The van der Waals surface area contributed by atoms with Gasteiger partial charge in [-0.1, -0.05) is 140 Å². The van der Waals surface area contributed by atoms with E-state index in [4.69, 9.17) is 9.47 Å². The van der Waals surface area contributed by atoms with Crippen molar-refractivity contribution < 1.29 is 9.47 Å². The first kappa shape index (κ1) is 32.7. The molecule has 0 fully saturated rings. The molecule has 13 rings (SSSR count). The van der Waals surface area contributed by atoms with Crippen molar-refractivity contribution in [1.82, 2.24) is 0 Å². The van der Waals surface area contributed by atoms with Gasteiger partial charge < -0.3 is 14.4 Å². The Labute approximate surface area is 345 Å². The molecule has 4 heteroatoms. The number of nitrogens with zero attached hydrogens (tertiary/aromatic N) is 1. The van der Waals surface area contributed by atoms with Crippen LogP contribution in [0.5, 0.6) is 23.0 Å². The molecule has 276 valence electrons. The Bertz CT molecular complexity index is 3300. The van der Waals surface area contributed by atoms with E-state index in [0.717, 1.165) is 22.8 Å². The van der Waals surface area contributed by atoms with Gasteiger partial charge in [-0.25, -0.2) is 0 Å². The van der Waals surface area contributed by atoms with Gasteiger partial charge in [0, 0.05) is 37.6 Å². The maximum atomic E-state index is 6.94. The molecule has 0 atom stereocenters. The third-order valence-electron chi connectivity index (χ3n) is 12.5. The lowest BCUT2D eigenvalue weighted by molar-refractivity contribution is 0.359. The third-order valence-corrected chi connectivity index (χ3v) is 13.8. The number of anilines is 3. The first-order valence-electron chi connectivity index (χ1n) is 20.1. The molecule has 0 N–H and O–H groups in total. The fourth-order valence-corrected chi connectivity index (χ4v) is 11.3. The van der Waals surface area contributed by atoms with Crippen LogP contribution in [0, 0.1) is 0 Å². The van der Waals surface area contributed by atoms with Crippen molar-refractivity contribution >= 4 is 48.6 Å². The maximum Gasteiger partial charge on any atom is 0.172 e. The Morgan fingerprint density at radius 3 is 1.64 bits per heavy atom. The number of rotatable bonds is 4. The summed E-state index contributed by atoms with van der Waals surface area (Å²) in [6.45, 7) is 0. The van der Waals surface area contributed by atoms with Crippen molar-refractivity contribution in [3.63, 3.8) is 0 Å². The second-order valence-electron chi connectivity index (χ2n) is 15.6. The van der Waals surface area contributed by atoms with Gasteiger partial charge in [0.25, 0.3) is 0 Å². The van der Waals surface area contributed by atoms with Crippen LogP contribution < -0.4 is 14.4 Å². The number of hydrogen-bond acceptors (Lipinski definition) is 4. The Kier molecular flexibility index (Phi) is 6.81. The number of hydrogen-bond donors (Lipinski definition) is 0. The average molecular weight is 772 g/mol. The zero-order valence-electron chi connectivity index (χ0n) is 31.7. The summed E-state index contributed by atoms with van der Waals surface area (Å²) in [5, 5.41) is 2.61. The van der Waals surface area contributed by atoms with Gasteiger partial charge in [-0.15, -0.1) is 11.3 Å². The Balaban J connectivity index is 0.910. The molecule has 9 aromatic carbocycles. The van der Waals surface area contributed by atoms with Crippen molar-refractivity contribution in [3.05, 3.63) is 222 Å². The smallest absolute Gasteiger partial charge is 0.172 e. The fourth-order valence-electron chi connectivity index (χ4n) is 10.1. The summed E-state index contributed by atoms with van der Waals surface area (Å²) in [6, 6.07) is 72.1. The molecule has 1 aliphatic heterocycles. The van der Waals surface area contributed by atoms with Crippen LogP contribution in [-0.2, 0) is 5.41 Å². The highest BCUT2D eigenvalue weighted by atomic mass is 32.1. The van der Waals surface area contributed by atoms with Crippen molar-refractivity contribution in [2.45, 2.75) is 5.41 Å². The van der Waals surface area contributed by atoms with Crippen molar-refractivity contribution in [2.75, 3.05) is 4.90 Å². The topological polar surface area (TPSA) is 21.7 Å². The second-order valence-corrected chi connectivity index (χ2v) is 16.6. The summed E-state index contributed by atoms with van der Waals surface area (Å²) in [5.74, 6) is 2.81. The van der Waals surface area contributed by atoms with Crippen molar-refractivity contribution in [2.24, 2.45) is 0 Å². The van der Waals surface area contributed by atoms with Crippen molar-refractivity contribution in [1.29, 1.82) is 0 Å². The molecule has 3 nitrogen and oxygen atoms in total. The van der Waals surface area contributed by atoms with Crippen molar-refractivity contribution in [3.8, 4) is 56.4 Å². The van der Waals surface area contributed by atoms with Gasteiger partial charge in [0.05, 0.1) is 11.1 Å². The van der Waals surface area contributed by atoms with Gasteiger partial charge in [0.1, 0.15) is 0 Å². The van der Waals surface area contributed by atoms with Crippen LogP contribution >= 0.6 is 11.3 Å². The minimum Gasteiger partial charge on any atom is -0.449 e. The molecule has 0 saturated carbocycles. The summed E-state index contributed by atoms with van der Waals surface area (Å²) in [4.78, 5) is 2.28. The Morgan fingerprint density at radius 1 is 0.356 bits per heavy atom. The molecule has 0 unspecified atom stereocenters. The first-order chi connectivity index (χ1) is 29.2. The number of para-hydroxylation sites is 1. The summed E-state index contributed by atoms with van der Waals surface area (Å²) >= 11 is 1.86. The molecule has 0 bridgehead atoms. The fraction of sp³-hybridized carbons (Fsp3) is 0.0182. The molecule has 3 aliphatic rings. The molecule has 0 amide bonds. The van der Waals surface area contributed by atoms with Gasteiger partial charge >= 0.3 is 0 Å². The Morgan fingerprint density at radius 2 is 0.898 bits per heavy atom. The van der Waals surface area contributed by atoms with Gasteiger partial charge in [0.15, 0.2) is 23.0 Å². The predicted octanol–water partition coefficient (Wildman–Crippen LogP) is 15.4. The molecule has 1 spiro atoms. The molecule has 2 heterocycles. The highest BCUT2D eigenvalue weighted by Crippen LogP contribution is 2.64. The average Bonchev–Trinajstić information content (AvgIpc) is 3.92. The van der Waals surface area contributed by atoms with Gasteiger partial charge in [-0.05, 0) is 110 Å². The number of ether oxygens (including phenoxy) is 2. The standard InChI is InChI=1S/C55H33NO2S/c1-2-13-35(14-3-1)56(36-27-25-34(26-28-36)38-19-12-20-43-42-18-7-11-24-53(42)59-54(38)43)37-29-30-49-50(31-37)58-52-33-48-44(32-51(52)57-49)41-17-6-10-23-47(41)55(48)45-21-8-4-15-39(45)40-16-5-9-22-46(40)55/h1-33H. The molecule has 2 aliphatic carbocycles. The van der Waals surface area contributed by atoms with E-state index in [1.165, 1.54) is 75.8 Å². The van der Waals surface area contributed by atoms with E-state index in [0.29, 0.717) is 17.2 Å². The van der Waals surface area contributed by atoms with E-state index >= 15 is 0 Å². The zero-order chi connectivity index (χ0) is 38.7. The molecule has 0 radical (unpaired) electrons. The highest BCUT2D eigenvalue weighted by molar-refractivity contribution is 7.26. The summed E-state index contributed by atoms with van der Waals surface area (Å²) in [5.41, 5.74) is 15.1. The van der Waals surface area contributed by atoms with Gasteiger partial charge in [-0.2, -0.15) is 0 Å². The van der Waals surface area contributed by atoms with E-state index in [1.807, 2.05) is 17.4 Å². The van der Waals surface area contributed by atoms with E-state index in [2.05, 4.69) is 199 Å². The van der Waals surface area contributed by atoms with Crippen LogP contribution in [0.25, 0.3) is 53.6 Å². The second kappa shape index (κ2) is 12.3. The normalized spacial score (nSPS) is 13.5. The van der Waals surface area contributed by atoms with E-state index in [9.17, 15) is 0 Å². The number of benzene rings is 9. The molecule has 1 aromatic heterocycles. The first-order valence-corrected chi connectivity index (χ1v) is 20.9. The highest BCUT2D eigenvalue weighted by Gasteiger charge is 2.52. The molecular formula is C55H33NO2S. The summed E-state index contributed by atoms with van der Waals surface area (Å²) in [7, 11) is 0. The Hall–Kier alpha value is -7.40. The number of fused-ring (bicyclic) bond motifs is 15. The van der Waals surface area contributed by atoms with Crippen LogP contribution in [0.2, 0.25) is 0 Å². The lowest BCUT2D eigenvalue weighted by atomic mass is 9.70. The SMILES string of the molecule is c1ccc(N(c2ccc(-c3cccc4c3sc3ccccc34)cc2)c2ccc3c(c2)Oc2cc4c(cc2O3)-c2ccccc2C42c3ccccc3-c3ccccc32)cc1. The predicted molar refractivity (Wildman–Crippen MR) is 242 cm³/mol. The summed E-state index contributed by atoms with van der Waals surface area (Å²) in [6.07, 6.45) is 0. The summed E-state index contributed by atoms with van der Waals surface area (Å²) < 4.78 is 16.3. The van der Waals surface area contributed by atoms with Gasteiger partial charge in [-0.3, -0.25) is 0 Å². The largest absolute Gasteiger partial charge is 0.449 e. The van der Waals surface area contributed by atoms with E-state index < -0.39 is 5.41 Å². The van der Waals surface area contributed by atoms with Crippen LogP contribution in [0.3, 0.4) is 0 Å². The maximum absolute atomic E-state index is 6.94. The van der Waals surface area contributed by atoms with Crippen LogP contribution in [0.4, 0.5) is 17.1 Å². The third kappa shape index (κ3) is 4.58. The minimum atomic E-state index is -0.460. The van der Waals surface area contributed by atoms with Crippen LogP contribution in [-0.4, -0.2) is 0 Å². The monoisotopic (exact) mass is 771 g/mol. The van der Waals surface area contributed by atoms with Crippen LogP contribution in [0.1, 0.15) is 22.3 Å². The molecule has 0 saturated heterocycles. The minimum absolute atomic E-state index is 0.460.